The number of aliphatic hydroxyl groups is 1. The van der Waals surface area contributed by atoms with Crippen molar-refractivity contribution in [2.24, 2.45) is 11.8 Å². The summed E-state index contributed by atoms with van der Waals surface area (Å²) in [5.41, 5.74) is 0. The number of rotatable bonds is 19. The van der Waals surface area contributed by atoms with Gasteiger partial charge in [0.15, 0.2) is 16.6 Å². The lowest BCUT2D eigenvalue weighted by molar-refractivity contribution is -0.154. The molecular weight excluding hydrogens is 720 g/mol. The molecule has 277 valence electrons. The molecule has 0 amide bonds. The lowest BCUT2D eigenvalue weighted by Crippen LogP contribution is -2.59. The third-order valence-corrected chi connectivity index (χ3v) is 24.9. The number of aliphatic hydroxyl groups excluding tert-OH is 1. The van der Waals surface area contributed by atoms with E-state index in [0.717, 1.165) is 9.50 Å². The number of carbonyl (C=O) groups excluding carboxylic acids is 2. The highest BCUT2D eigenvalue weighted by Crippen LogP contribution is 2.32. The smallest absolute Gasteiger partial charge is 0.360 e. The van der Waals surface area contributed by atoms with E-state index in [2.05, 4.69) is 39.3 Å². The van der Waals surface area contributed by atoms with Crippen molar-refractivity contribution in [2.45, 2.75) is 129 Å². The van der Waals surface area contributed by atoms with Gasteiger partial charge in [-0.05, 0) is 58.9 Å². The van der Waals surface area contributed by atoms with Crippen LogP contribution in [0, 0.1) is 11.8 Å². The molecule has 0 saturated carbocycles. The van der Waals surface area contributed by atoms with Crippen LogP contribution in [0.1, 0.15) is 58.4 Å². The molecule has 1 radical (unpaired) electrons. The summed E-state index contributed by atoms with van der Waals surface area (Å²) in [5.74, 6) is -1.91. The predicted molar refractivity (Wildman–Crippen MR) is 210 cm³/mol. The Kier molecular flexibility index (Phi) is 37.0. The minimum Gasteiger partial charge on any atom is -0.620 e. The molecule has 18 heteroatoms. The van der Waals surface area contributed by atoms with Gasteiger partial charge >= 0.3 is 38.3 Å². The number of ether oxygens (including phenoxy) is 2. The Morgan fingerprint density at radius 3 is 1.58 bits per heavy atom. The molecule has 45 heavy (non-hydrogen) atoms. The fourth-order valence-corrected chi connectivity index (χ4v) is 25.7. The van der Waals surface area contributed by atoms with Crippen molar-refractivity contribution in [3.8, 4) is 0 Å². The first kappa shape index (κ1) is 60.8. The lowest BCUT2D eigenvalue weighted by atomic mass is 10.2. The Morgan fingerprint density at radius 2 is 1.20 bits per heavy atom. The van der Waals surface area contributed by atoms with Gasteiger partial charge in [-0.3, -0.25) is 9.59 Å². The zero-order chi connectivity index (χ0) is 30.7. The molecule has 0 aliphatic rings. The highest BCUT2D eigenvalue weighted by atomic mass is 32.9. The van der Waals surface area contributed by atoms with Gasteiger partial charge in [0.1, 0.15) is 35.8 Å². The molecule has 0 spiro atoms. The molecule has 0 aliphatic carbocycles. The van der Waals surface area contributed by atoms with E-state index in [0.29, 0.717) is 12.1 Å². The van der Waals surface area contributed by atoms with Crippen LogP contribution in [0.3, 0.4) is 0 Å². The van der Waals surface area contributed by atoms with Crippen LogP contribution < -0.4 is 4.89 Å². The average Bonchev–Trinajstić information content (AvgIpc) is 2.73. The topological polar surface area (TPSA) is 133 Å². The summed E-state index contributed by atoms with van der Waals surface area (Å²) in [4.78, 5) is 37.0. The molecule has 5 unspecified atom stereocenters. The van der Waals surface area contributed by atoms with Gasteiger partial charge in [-0.1, -0.05) is 58.4 Å². The van der Waals surface area contributed by atoms with E-state index in [-0.39, 0.29) is 70.5 Å². The fraction of sp³-hybridized carbons (Fsp3) is 0.926. The number of hydrogen-bond acceptors (Lipinski definition) is 11. The van der Waals surface area contributed by atoms with Gasteiger partial charge in [-0.15, -0.1) is 0 Å². The predicted octanol–water partition coefficient (Wildman–Crippen LogP) is 7.37. The fourth-order valence-electron chi connectivity index (χ4n) is 4.04. The summed E-state index contributed by atoms with van der Waals surface area (Å²) in [6, 6.07) is 0.630. The molecule has 0 aliphatic heterocycles. The molecule has 10 nitrogen and oxygen atoms in total. The summed E-state index contributed by atoms with van der Waals surface area (Å²) in [6.07, 6.45) is 0.203. The van der Waals surface area contributed by atoms with Crippen molar-refractivity contribution >= 4 is 82.6 Å². The van der Waals surface area contributed by atoms with Crippen molar-refractivity contribution in [1.29, 1.82) is 0 Å². The molecule has 0 bridgehead atoms. The summed E-state index contributed by atoms with van der Waals surface area (Å²) in [7, 11) is -11.1. The first-order valence-electron chi connectivity index (χ1n) is 12.9. The number of esters is 2. The van der Waals surface area contributed by atoms with Gasteiger partial charge in [0, 0.05) is 23.3 Å². The monoisotopic (exact) mass is 791 g/mol. The van der Waals surface area contributed by atoms with Crippen LogP contribution in [-0.4, -0.2) is 86.1 Å². The van der Waals surface area contributed by atoms with Crippen molar-refractivity contribution in [3.05, 3.63) is 0 Å². The molecule has 0 heterocycles. The van der Waals surface area contributed by atoms with Gasteiger partial charge in [0.2, 0.25) is 0 Å². The zero-order valence-electron chi connectivity index (χ0n) is 25.3. The van der Waals surface area contributed by atoms with Crippen molar-refractivity contribution in [3.63, 3.8) is 0 Å². The maximum Gasteiger partial charge on any atom is 0.360 e. The summed E-state index contributed by atoms with van der Waals surface area (Å²) < 4.78 is 36.9. The first-order chi connectivity index (χ1) is 17.6. The van der Waals surface area contributed by atoms with Crippen molar-refractivity contribution < 1.29 is 45.5 Å². The van der Waals surface area contributed by atoms with Crippen molar-refractivity contribution in [1.82, 2.24) is 0 Å². The number of hydrogen-bond donors (Lipinski definition) is 1. The maximum atomic E-state index is 12.8. The molecule has 0 aromatic rings. The SMILES string of the molecule is C.C.C.C.C.C.CC(C[Si](C)(O[Si](C)O[Si](C)(C)C)O[Si](C)(CC(C)C(=O)OCCO)O[Si](C)(C)C)C(=O)OCC[P+]([O-])=S=S. The second kappa shape index (κ2) is 27.4. The lowest BCUT2D eigenvalue weighted by Gasteiger charge is -2.42. The van der Waals surface area contributed by atoms with E-state index in [1.165, 1.54) is 0 Å². The zero-order valence-corrected chi connectivity index (χ0v) is 32.8. The van der Waals surface area contributed by atoms with E-state index >= 15 is 0 Å². The standard InChI is InChI=1S/C21H48O10PS2Si5.6CH4/c1-18(21(24)27-14-15-32(25)34-33)16-38(10,29-35(3)28-36(4,5)6)31-39(11,30-37(7,8)9)17-19(2)20(23)26-13-12-22;;;;;;/h18-19,22H,12-17H2,1-11H3;6*1H4. The van der Waals surface area contributed by atoms with Gasteiger partial charge in [0.25, 0.3) is 0 Å². The molecule has 1 N–H and O–H groups in total. The Labute approximate surface area is 294 Å². The van der Waals surface area contributed by atoms with Crippen LogP contribution >= 0.6 is 6.92 Å². The minimum absolute atomic E-state index is 0. The Bertz CT molecular complexity index is 861. The van der Waals surface area contributed by atoms with E-state index < -0.39 is 73.7 Å². The van der Waals surface area contributed by atoms with E-state index in [1.807, 2.05) is 19.6 Å². The van der Waals surface area contributed by atoms with E-state index in [4.69, 9.17) is 42.2 Å². The quantitative estimate of drug-likeness (QED) is 0.0799. The Morgan fingerprint density at radius 1 is 0.778 bits per heavy atom. The molecular formula is C27H72O10PS2Si5. The molecule has 0 saturated heterocycles. The third kappa shape index (κ3) is 29.2. The maximum absolute atomic E-state index is 12.8. The van der Waals surface area contributed by atoms with Gasteiger partial charge in [-0.25, -0.2) is 0 Å². The molecule has 0 aromatic carbocycles. The third-order valence-electron chi connectivity index (χ3n) is 4.86. The van der Waals surface area contributed by atoms with Gasteiger partial charge < -0.3 is 35.9 Å². The normalized spacial score (nSPS) is 15.2. The van der Waals surface area contributed by atoms with Crippen LogP contribution in [0.25, 0.3) is 0 Å². The van der Waals surface area contributed by atoms with Crippen LogP contribution in [0.15, 0.2) is 0 Å². The highest BCUT2D eigenvalue weighted by Gasteiger charge is 2.49. The van der Waals surface area contributed by atoms with Crippen LogP contribution in [0.5, 0.6) is 0 Å². The number of carbonyl (C=O) groups is 2. The van der Waals surface area contributed by atoms with Crippen LogP contribution in [0.2, 0.25) is 71.0 Å². The summed E-state index contributed by atoms with van der Waals surface area (Å²) in [6.45, 7) is 19.8. The molecule has 0 rings (SSSR count). The second-order valence-corrected chi connectivity index (χ2v) is 34.1. The van der Waals surface area contributed by atoms with Gasteiger partial charge in [0.05, 0.1) is 18.4 Å². The molecule has 0 fully saturated rings. The average molecular weight is 792 g/mol. The summed E-state index contributed by atoms with van der Waals surface area (Å²) in [5, 5.41) is 9.03. The van der Waals surface area contributed by atoms with E-state index in [9.17, 15) is 14.5 Å². The largest absolute Gasteiger partial charge is 0.620 e. The van der Waals surface area contributed by atoms with Gasteiger partial charge in [-0.2, -0.15) is 0 Å². The van der Waals surface area contributed by atoms with Crippen molar-refractivity contribution in [2.75, 3.05) is 26.0 Å². The first-order valence-corrected chi connectivity index (χ1v) is 30.4. The van der Waals surface area contributed by atoms with Crippen LogP contribution in [0.4, 0.5) is 0 Å². The van der Waals surface area contributed by atoms with E-state index in [1.54, 1.807) is 13.8 Å². The highest BCUT2D eigenvalue weighted by molar-refractivity contribution is 8.33. The Balaban J connectivity index is -0.000000481. The second-order valence-electron chi connectivity index (χ2n) is 11.8. The molecule has 5 atom stereocenters. The molecule has 0 aromatic heterocycles. The Hall–Kier alpha value is 0.524. The van der Waals surface area contributed by atoms with Crippen LogP contribution in [-0.2, 0) is 56.2 Å². The minimum atomic E-state index is -3.14. The summed E-state index contributed by atoms with van der Waals surface area (Å²) >= 11 is 4.72.